The summed E-state index contributed by atoms with van der Waals surface area (Å²) in [7, 11) is 0. The molecule has 0 bridgehead atoms. The van der Waals surface area contributed by atoms with E-state index in [1.54, 1.807) is 6.07 Å². The van der Waals surface area contributed by atoms with Crippen LogP contribution in [0, 0.1) is 0 Å². The van der Waals surface area contributed by atoms with E-state index in [-0.39, 0.29) is 12.4 Å². The van der Waals surface area contributed by atoms with Crippen molar-refractivity contribution in [3.63, 3.8) is 0 Å². The van der Waals surface area contributed by atoms with Gasteiger partial charge in [0.15, 0.2) is 0 Å². The first-order valence-electron chi connectivity index (χ1n) is 6.22. The van der Waals surface area contributed by atoms with Crippen molar-refractivity contribution in [1.29, 1.82) is 0 Å². The predicted octanol–water partition coefficient (Wildman–Crippen LogP) is 3.55. The number of benzene rings is 1. The van der Waals surface area contributed by atoms with E-state index in [4.69, 9.17) is 5.11 Å². The van der Waals surface area contributed by atoms with Crippen LogP contribution in [0.1, 0.15) is 25.7 Å². The highest BCUT2D eigenvalue weighted by atomic mass is 19.4. The number of anilines is 1. The molecule has 0 saturated carbocycles. The zero-order chi connectivity index (χ0) is 14.1. The zero-order valence-electron chi connectivity index (χ0n) is 10.5. The average Bonchev–Trinajstić information content (AvgIpc) is 2.32. The summed E-state index contributed by atoms with van der Waals surface area (Å²) in [5.41, 5.74) is 0.601. The van der Waals surface area contributed by atoms with Gasteiger partial charge in [0.1, 0.15) is 5.75 Å². The Morgan fingerprint density at radius 3 is 2.53 bits per heavy atom. The molecule has 0 aliphatic carbocycles. The second-order valence-electron chi connectivity index (χ2n) is 4.14. The second kappa shape index (κ2) is 7.89. The number of halogens is 3. The van der Waals surface area contributed by atoms with Gasteiger partial charge >= 0.3 is 6.36 Å². The number of hydrogen-bond donors (Lipinski definition) is 2. The maximum atomic E-state index is 12.0. The molecular formula is C13H18F3NO2. The highest BCUT2D eigenvalue weighted by Crippen LogP contribution is 2.24. The van der Waals surface area contributed by atoms with Crippen LogP contribution in [0.25, 0.3) is 0 Å². The van der Waals surface area contributed by atoms with Crippen molar-refractivity contribution in [3.05, 3.63) is 24.3 Å². The van der Waals surface area contributed by atoms with Crippen LogP contribution in [0.5, 0.6) is 5.75 Å². The third kappa shape index (κ3) is 7.56. The SMILES string of the molecule is OCCCCCCNc1cccc(OC(F)(F)F)c1. The number of ether oxygens (including phenoxy) is 1. The van der Waals surface area contributed by atoms with Gasteiger partial charge in [-0.1, -0.05) is 18.9 Å². The van der Waals surface area contributed by atoms with E-state index in [2.05, 4.69) is 10.1 Å². The van der Waals surface area contributed by atoms with Crippen molar-refractivity contribution < 1.29 is 23.0 Å². The fourth-order valence-corrected chi connectivity index (χ4v) is 1.63. The van der Waals surface area contributed by atoms with Crippen LogP contribution in [0.4, 0.5) is 18.9 Å². The monoisotopic (exact) mass is 277 g/mol. The number of nitrogens with one attached hydrogen (secondary N) is 1. The fourth-order valence-electron chi connectivity index (χ4n) is 1.63. The van der Waals surface area contributed by atoms with Gasteiger partial charge in [-0.25, -0.2) is 0 Å². The Kier molecular flexibility index (Phi) is 6.49. The zero-order valence-corrected chi connectivity index (χ0v) is 10.5. The lowest BCUT2D eigenvalue weighted by Gasteiger charge is -2.11. The Hall–Kier alpha value is -1.43. The third-order valence-corrected chi connectivity index (χ3v) is 2.48. The minimum absolute atomic E-state index is 0.199. The molecule has 0 aliphatic heterocycles. The summed E-state index contributed by atoms with van der Waals surface area (Å²) < 4.78 is 39.9. The second-order valence-corrected chi connectivity index (χ2v) is 4.14. The summed E-state index contributed by atoms with van der Waals surface area (Å²) >= 11 is 0. The lowest BCUT2D eigenvalue weighted by Crippen LogP contribution is -2.17. The molecule has 0 spiro atoms. The van der Waals surface area contributed by atoms with Crippen molar-refractivity contribution in [3.8, 4) is 5.75 Å². The van der Waals surface area contributed by atoms with Gasteiger partial charge < -0.3 is 15.2 Å². The quantitative estimate of drug-likeness (QED) is 0.714. The van der Waals surface area contributed by atoms with Gasteiger partial charge in [0.2, 0.25) is 0 Å². The summed E-state index contributed by atoms with van der Waals surface area (Å²) in [6, 6.07) is 5.78. The molecule has 0 aliphatic rings. The van der Waals surface area contributed by atoms with Crippen LogP contribution >= 0.6 is 0 Å². The van der Waals surface area contributed by atoms with Gasteiger partial charge in [-0.3, -0.25) is 0 Å². The van der Waals surface area contributed by atoms with Crippen molar-refractivity contribution in [2.75, 3.05) is 18.5 Å². The molecule has 108 valence electrons. The first-order chi connectivity index (χ1) is 9.01. The van der Waals surface area contributed by atoms with Crippen molar-refractivity contribution in [1.82, 2.24) is 0 Å². The largest absolute Gasteiger partial charge is 0.573 e. The lowest BCUT2D eigenvalue weighted by atomic mass is 10.2. The molecular weight excluding hydrogens is 259 g/mol. The molecule has 0 saturated heterocycles. The van der Waals surface area contributed by atoms with Gasteiger partial charge in [-0.15, -0.1) is 13.2 Å². The Morgan fingerprint density at radius 1 is 1.11 bits per heavy atom. The van der Waals surface area contributed by atoms with Gasteiger partial charge in [0, 0.05) is 24.9 Å². The van der Waals surface area contributed by atoms with E-state index in [1.807, 2.05) is 0 Å². The van der Waals surface area contributed by atoms with Gasteiger partial charge in [-0.05, 0) is 25.0 Å². The van der Waals surface area contributed by atoms with Crippen LogP contribution in [0.3, 0.4) is 0 Å². The number of aliphatic hydroxyl groups excluding tert-OH is 1. The van der Waals surface area contributed by atoms with Crippen LogP contribution in [-0.4, -0.2) is 24.6 Å². The predicted molar refractivity (Wildman–Crippen MR) is 67.2 cm³/mol. The van der Waals surface area contributed by atoms with Crippen molar-refractivity contribution in [2.45, 2.75) is 32.0 Å². The molecule has 0 unspecified atom stereocenters. The summed E-state index contributed by atoms with van der Waals surface area (Å²) in [4.78, 5) is 0. The van der Waals surface area contributed by atoms with Gasteiger partial charge in [0.05, 0.1) is 0 Å². The Morgan fingerprint density at radius 2 is 1.84 bits per heavy atom. The molecule has 1 aromatic carbocycles. The molecule has 0 atom stereocenters. The Balaban J connectivity index is 2.32. The summed E-state index contributed by atoms with van der Waals surface area (Å²) in [6.45, 7) is 0.880. The average molecular weight is 277 g/mol. The minimum Gasteiger partial charge on any atom is -0.406 e. The summed E-state index contributed by atoms with van der Waals surface area (Å²) in [6.07, 6.45) is -1.04. The highest BCUT2D eigenvalue weighted by molar-refractivity contribution is 5.48. The first-order valence-corrected chi connectivity index (χ1v) is 6.22. The number of unbranched alkanes of at least 4 members (excludes halogenated alkanes) is 3. The molecule has 6 heteroatoms. The van der Waals surface area contributed by atoms with Crippen LogP contribution < -0.4 is 10.1 Å². The maximum Gasteiger partial charge on any atom is 0.573 e. The standard InChI is InChI=1S/C13H18F3NO2/c14-13(15,16)19-12-7-5-6-11(10-12)17-8-3-1-2-4-9-18/h5-7,10,17-18H,1-4,8-9H2. The van der Waals surface area contributed by atoms with Crippen LogP contribution in [0.15, 0.2) is 24.3 Å². The van der Waals surface area contributed by atoms with E-state index in [0.717, 1.165) is 25.7 Å². The first kappa shape index (κ1) is 15.6. The number of hydrogen-bond acceptors (Lipinski definition) is 3. The van der Waals surface area contributed by atoms with E-state index >= 15 is 0 Å². The summed E-state index contributed by atoms with van der Waals surface area (Å²) in [5, 5.41) is 11.6. The smallest absolute Gasteiger partial charge is 0.406 e. The van der Waals surface area contributed by atoms with E-state index in [9.17, 15) is 13.2 Å². The normalized spacial score (nSPS) is 11.4. The number of aliphatic hydroxyl groups is 1. The molecule has 1 aromatic rings. The Bertz CT molecular complexity index is 369. The summed E-state index contributed by atoms with van der Waals surface area (Å²) in [5.74, 6) is -0.224. The lowest BCUT2D eigenvalue weighted by molar-refractivity contribution is -0.274. The molecule has 0 fully saturated rings. The molecule has 0 heterocycles. The van der Waals surface area contributed by atoms with E-state index < -0.39 is 6.36 Å². The van der Waals surface area contributed by atoms with E-state index in [1.165, 1.54) is 18.2 Å². The highest BCUT2D eigenvalue weighted by Gasteiger charge is 2.31. The topological polar surface area (TPSA) is 41.5 Å². The fraction of sp³-hybridized carbons (Fsp3) is 0.538. The van der Waals surface area contributed by atoms with Gasteiger partial charge in [-0.2, -0.15) is 0 Å². The Labute approximate surface area is 110 Å². The van der Waals surface area contributed by atoms with Crippen LogP contribution in [-0.2, 0) is 0 Å². The molecule has 0 amide bonds. The molecule has 3 nitrogen and oxygen atoms in total. The molecule has 0 radical (unpaired) electrons. The molecule has 2 N–H and O–H groups in total. The third-order valence-electron chi connectivity index (χ3n) is 2.48. The maximum absolute atomic E-state index is 12.0. The van der Waals surface area contributed by atoms with Crippen LogP contribution in [0.2, 0.25) is 0 Å². The minimum atomic E-state index is -4.66. The van der Waals surface area contributed by atoms with Gasteiger partial charge in [0.25, 0.3) is 0 Å². The molecule has 0 aromatic heterocycles. The number of alkyl halides is 3. The molecule has 1 rings (SSSR count). The molecule has 19 heavy (non-hydrogen) atoms. The van der Waals surface area contributed by atoms with Crippen molar-refractivity contribution >= 4 is 5.69 Å². The van der Waals surface area contributed by atoms with Crippen molar-refractivity contribution in [2.24, 2.45) is 0 Å². The van der Waals surface area contributed by atoms with E-state index in [0.29, 0.717) is 12.2 Å². The number of rotatable bonds is 8.